The van der Waals surface area contributed by atoms with E-state index in [2.05, 4.69) is 19.4 Å². The number of fused-ring (bicyclic) bond motifs is 1. The minimum absolute atomic E-state index is 0.152. The molecule has 116 valence electrons. The third-order valence-electron chi connectivity index (χ3n) is 3.26. The molecule has 1 unspecified atom stereocenters. The molecule has 2 aromatic rings. The quantitative estimate of drug-likeness (QED) is 0.582. The van der Waals surface area contributed by atoms with E-state index in [4.69, 9.17) is 16.3 Å². The van der Waals surface area contributed by atoms with Crippen LogP contribution in [0.25, 0.3) is 11.2 Å². The van der Waals surface area contributed by atoms with E-state index in [0.717, 1.165) is 35.8 Å². The van der Waals surface area contributed by atoms with Gasteiger partial charge >= 0.3 is 0 Å². The second kappa shape index (κ2) is 7.20. The van der Waals surface area contributed by atoms with Crippen LogP contribution in [0.1, 0.15) is 23.8 Å². The van der Waals surface area contributed by atoms with Crippen molar-refractivity contribution in [2.75, 3.05) is 33.9 Å². The van der Waals surface area contributed by atoms with Gasteiger partial charge in [0.05, 0.1) is 18.6 Å². The van der Waals surface area contributed by atoms with Gasteiger partial charge in [-0.1, -0.05) is 0 Å². The number of aryl methyl sites for hydroxylation is 1. The minimum Gasteiger partial charge on any atom is -0.378 e. The molecule has 0 amide bonds. The zero-order chi connectivity index (χ0) is 15.4. The molecule has 5 nitrogen and oxygen atoms in total. The Bertz CT molecular complexity index is 595. The lowest BCUT2D eigenvalue weighted by Crippen LogP contribution is -2.19. The molecule has 2 rings (SSSR count). The Hall–Kier alpha value is -1.17. The lowest BCUT2D eigenvalue weighted by atomic mass is 10.3. The van der Waals surface area contributed by atoms with Crippen molar-refractivity contribution in [2.24, 2.45) is 0 Å². The van der Waals surface area contributed by atoms with Crippen molar-refractivity contribution >= 4 is 22.8 Å². The second-order valence-electron chi connectivity index (χ2n) is 5.45. The Morgan fingerprint density at radius 3 is 2.71 bits per heavy atom. The third kappa shape index (κ3) is 4.15. The molecule has 2 aromatic heterocycles. The van der Waals surface area contributed by atoms with Gasteiger partial charge in [0.25, 0.3) is 0 Å². The molecule has 0 N–H and O–H groups in total. The first kappa shape index (κ1) is 16.2. The summed E-state index contributed by atoms with van der Waals surface area (Å²) in [5.41, 5.74) is 2.75. The lowest BCUT2D eigenvalue weighted by molar-refractivity contribution is 0.111. The van der Waals surface area contributed by atoms with Crippen LogP contribution in [0.2, 0.25) is 0 Å². The summed E-state index contributed by atoms with van der Waals surface area (Å²) < 4.78 is 7.74. The molecule has 21 heavy (non-hydrogen) atoms. The Balaban J connectivity index is 2.12. The van der Waals surface area contributed by atoms with Crippen LogP contribution in [0, 0.1) is 6.92 Å². The van der Waals surface area contributed by atoms with Crippen molar-refractivity contribution in [3.63, 3.8) is 0 Å². The Morgan fingerprint density at radius 1 is 1.29 bits per heavy atom. The normalized spacial score (nSPS) is 13.2. The average Bonchev–Trinajstić information content (AvgIpc) is 2.76. The molecule has 6 heteroatoms. The topological polar surface area (TPSA) is 43.2 Å². The highest BCUT2D eigenvalue weighted by Crippen LogP contribution is 2.23. The Labute approximate surface area is 130 Å². The summed E-state index contributed by atoms with van der Waals surface area (Å²) in [5, 5.41) is -0.152. The molecule has 0 aliphatic rings. The van der Waals surface area contributed by atoms with Crippen LogP contribution in [0.15, 0.2) is 12.1 Å². The monoisotopic (exact) mass is 310 g/mol. The summed E-state index contributed by atoms with van der Waals surface area (Å²) in [6, 6.07) is 3.96. The molecular weight excluding hydrogens is 288 g/mol. The molecule has 0 aliphatic carbocycles. The highest BCUT2D eigenvalue weighted by molar-refractivity contribution is 6.20. The van der Waals surface area contributed by atoms with E-state index >= 15 is 0 Å². The first-order valence-corrected chi connectivity index (χ1v) is 7.63. The number of hydrogen-bond donors (Lipinski definition) is 0. The molecule has 0 aliphatic heterocycles. The molecule has 0 radical (unpaired) electrons. The molecule has 0 bridgehead atoms. The van der Waals surface area contributed by atoms with Gasteiger partial charge in [0.15, 0.2) is 5.65 Å². The van der Waals surface area contributed by atoms with Gasteiger partial charge in [0, 0.05) is 18.8 Å². The summed E-state index contributed by atoms with van der Waals surface area (Å²) in [7, 11) is 4.07. The van der Waals surface area contributed by atoms with Crippen molar-refractivity contribution < 1.29 is 4.74 Å². The molecule has 0 aromatic carbocycles. The van der Waals surface area contributed by atoms with Crippen LogP contribution in [0.4, 0.5) is 0 Å². The van der Waals surface area contributed by atoms with E-state index in [9.17, 15) is 0 Å². The Kier molecular flexibility index (Phi) is 5.56. The molecule has 0 saturated heterocycles. The largest absolute Gasteiger partial charge is 0.378 e. The fourth-order valence-electron chi connectivity index (χ4n) is 2.14. The fraction of sp³-hybridized carbons (Fsp3) is 0.600. The van der Waals surface area contributed by atoms with Crippen LogP contribution in [0.3, 0.4) is 0 Å². The average molecular weight is 311 g/mol. The molecule has 0 fully saturated rings. The van der Waals surface area contributed by atoms with Gasteiger partial charge in [-0.3, -0.25) is 0 Å². The minimum atomic E-state index is -0.152. The van der Waals surface area contributed by atoms with E-state index in [1.807, 2.05) is 40.1 Å². The maximum Gasteiger partial charge on any atom is 0.160 e. The van der Waals surface area contributed by atoms with Crippen LogP contribution in [-0.4, -0.2) is 53.3 Å². The van der Waals surface area contributed by atoms with E-state index in [1.165, 1.54) is 0 Å². The molecule has 1 atom stereocenters. The third-order valence-corrected chi connectivity index (χ3v) is 3.45. The first-order valence-electron chi connectivity index (χ1n) is 7.19. The van der Waals surface area contributed by atoms with Crippen LogP contribution in [-0.2, 0) is 11.3 Å². The molecule has 0 saturated carbocycles. The number of rotatable bonds is 7. The van der Waals surface area contributed by atoms with E-state index in [-0.39, 0.29) is 5.38 Å². The number of likely N-dealkylation sites (N-methyl/N-ethyl adjacent to an activating group) is 1. The number of alkyl halides is 1. The van der Waals surface area contributed by atoms with Gasteiger partial charge in [-0.15, -0.1) is 11.6 Å². The van der Waals surface area contributed by atoms with E-state index in [0.29, 0.717) is 13.2 Å². The first-order chi connectivity index (χ1) is 9.99. The zero-order valence-corrected chi connectivity index (χ0v) is 13.9. The summed E-state index contributed by atoms with van der Waals surface area (Å²) in [6.45, 7) is 6.89. The van der Waals surface area contributed by atoms with Gasteiger partial charge in [-0.25, -0.2) is 9.97 Å². The Morgan fingerprint density at radius 2 is 2.05 bits per heavy atom. The van der Waals surface area contributed by atoms with E-state index in [1.54, 1.807) is 0 Å². The highest BCUT2D eigenvalue weighted by atomic mass is 35.5. The van der Waals surface area contributed by atoms with Crippen molar-refractivity contribution in [3.05, 3.63) is 23.7 Å². The standard InChI is InChI=1S/C15H23ClN4O/c1-11-5-6-13-15(17-11)20(14(18-13)12(2)16)8-10-21-9-7-19(3)4/h5-6,12H,7-10H2,1-4H3. The fourth-order valence-corrected chi connectivity index (χ4v) is 2.31. The number of halogens is 1. The van der Waals surface area contributed by atoms with Crippen LogP contribution < -0.4 is 0 Å². The summed E-state index contributed by atoms with van der Waals surface area (Å²) in [4.78, 5) is 11.3. The number of imidazole rings is 1. The van der Waals surface area contributed by atoms with Crippen molar-refractivity contribution in [3.8, 4) is 0 Å². The maximum atomic E-state index is 6.24. The SMILES string of the molecule is Cc1ccc2nc(C(C)Cl)n(CCOCCN(C)C)c2n1. The number of hydrogen-bond acceptors (Lipinski definition) is 4. The predicted molar refractivity (Wildman–Crippen MR) is 85.9 cm³/mol. The van der Waals surface area contributed by atoms with Crippen molar-refractivity contribution in [2.45, 2.75) is 25.8 Å². The van der Waals surface area contributed by atoms with Crippen molar-refractivity contribution in [1.29, 1.82) is 0 Å². The van der Waals surface area contributed by atoms with Gasteiger partial charge in [0.2, 0.25) is 0 Å². The molecule has 0 spiro atoms. The number of nitrogens with zero attached hydrogens (tertiary/aromatic N) is 4. The smallest absolute Gasteiger partial charge is 0.160 e. The second-order valence-corrected chi connectivity index (χ2v) is 6.10. The van der Waals surface area contributed by atoms with Gasteiger partial charge in [-0.2, -0.15) is 0 Å². The summed E-state index contributed by atoms with van der Waals surface area (Å²) >= 11 is 6.24. The van der Waals surface area contributed by atoms with Crippen molar-refractivity contribution in [1.82, 2.24) is 19.4 Å². The summed E-state index contributed by atoms with van der Waals surface area (Å²) in [6.07, 6.45) is 0. The number of ether oxygens (including phenoxy) is 1. The maximum absolute atomic E-state index is 6.24. The highest BCUT2D eigenvalue weighted by Gasteiger charge is 2.15. The van der Waals surface area contributed by atoms with Gasteiger partial charge in [0.1, 0.15) is 11.3 Å². The number of pyridine rings is 1. The number of aromatic nitrogens is 3. The molecular formula is C15H23ClN4O. The predicted octanol–water partition coefficient (Wildman–Crippen LogP) is 2.62. The lowest BCUT2D eigenvalue weighted by Gasteiger charge is -2.12. The summed E-state index contributed by atoms with van der Waals surface area (Å²) in [5.74, 6) is 0.848. The molecule has 2 heterocycles. The zero-order valence-electron chi connectivity index (χ0n) is 13.1. The van der Waals surface area contributed by atoms with Gasteiger partial charge in [-0.05, 0) is 40.1 Å². The van der Waals surface area contributed by atoms with Crippen LogP contribution >= 0.6 is 11.6 Å². The van der Waals surface area contributed by atoms with Crippen LogP contribution in [0.5, 0.6) is 0 Å². The van der Waals surface area contributed by atoms with Gasteiger partial charge < -0.3 is 14.2 Å². The van der Waals surface area contributed by atoms with E-state index < -0.39 is 0 Å².